The second-order valence-electron chi connectivity index (χ2n) is 11.6. The zero-order valence-electron chi connectivity index (χ0n) is 26.9. The zero-order chi connectivity index (χ0) is 33.6. The zero-order valence-corrected chi connectivity index (χ0v) is 28.6. The molecule has 1 aliphatic rings. The van der Waals surface area contributed by atoms with Crippen molar-refractivity contribution in [2.24, 2.45) is 0 Å². The monoisotopic (exact) mass is 702 g/mol. The van der Waals surface area contributed by atoms with Crippen LogP contribution in [0.2, 0.25) is 0 Å². The summed E-state index contributed by atoms with van der Waals surface area (Å²) < 4.78 is 54.4. The van der Waals surface area contributed by atoms with E-state index in [2.05, 4.69) is 23.7 Å². The maximum absolute atomic E-state index is 14.1. The van der Waals surface area contributed by atoms with E-state index in [1.807, 2.05) is 33.7 Å². The van der Waals surface area contributed by atoms with Crippen LogP contribution in [0, 0.1) is 5.82 Å². The van der Waals surface area contributed by atoms with E-state index in [4.69, 9.17) is 0 Å². The van der Waals surface area contributed by atoms with Crippen LogP contribution in [0.4, 0.5) is 17.6 Å². The molecule has 0 spiro atoms. The van der Waals surface area contributed by atoms with E-state index in [-0.39, 0.29) is 36.2 Å². The largest absolute Gasteiger partial charge is 0.416 e. The minimum Gasteiger partial charge on any atom is -0.336 e. The van der Waals surface area contributed by atoms with Gasteiger partial charge in [-0.3, -0.25) is 9.59 Å². The minimum atomic E-state index is -4.39. The predicted molar refractivity (Wildman–Crippen MR) is 184 cm³/mol. The van der Waals surface area contributed by atoms with E-state index in [1.54, 1.807) is 12.1 Å². The molecule has 5 rings (SSSR count). The molecule has 1 aromatic heterocycles. The van der Waals surface area contributed by atoms with Gasteiger partial charge >= 0.3 is 6.18 Å². The molecule has 0 bridgehead atoms. The number of carbonyl (C=O) groups is 1. The quantitative estimate of drug-likeness (QED) is 0.0815. The van der Waals surface area contributed by atoms with Crippen molar-refractivity contribution in [1.29, 1.82) is 0 Å². The number of amides is 1. The van der Waals surface area contributed by atoms with E-state index < -0.39 is 11.7 Å². The molecule has 4 aromatic rings. The Kier molecular flexibility index (Phi) is 12.9. The lowest BCUT2D eigenvalue weighted by Crippen LogP contribution is -2.40. The summed E-state index contributed by atoms with van der Waals surface area (Å²) in [5.41, 5.74) is 3.79. The molecule has 0 atom stereocenters. The molecule has 0 radical (unpaired) electrons. The van der Waals surface area contributed by atoms with Crippen molar-refractivity contribution < 1.29 is 22.4 Å². The lowest BCUT2D eigenvalue weighted by Gasteiger charge is -2.28. The number of benzene rings is 3. The van der Waals surface area contributed by atoms with Gasteiger partial charge in [-0.1, -0.05) is 74.1 Å². The summed E-state index contributed by atoms with van der Waals surface area (Å²) in [7, 11) is 0. The number of likely N-dealkylation sites (N-methyl/N-ethyl adjacent to an activating group) is 1. The van der Waals surface area contributed by atoms with Crippen LogP contribution in [0.5, 0.6) is 0 Å². The van der Waals surface area contributed by atoms with Crippen LogP contribution in [0.15, 0.2) is 82.7 Å². The van der Waals surface area contributed by atoms with Crippen LogP contribution in [0.3, 0.4) is 0 Å². The second kappa shape index (κ2) is 16.6. The number of hydrogen-bond donors (Lipinski definition) is 0. The molecule has 0 aliphatic heterocycles. The van der Waals surface area contributed by atoms with E-state index in [1.165, 1.54) is 36.0 Å². The highest BCUT2D eigenvalue weighted by molar-refractivity contribution is 7.98. The van der Waals surface area contributed by atoms with Gasteiger partial charge in [-0.15, -0.1) is 12.4 Å². The van der Waals surface area contributed by atoms with Crippen LogP contribution < -0.4 is 5.56 Å². The van der Waals surface area contributed by atoms with Crippen molar-refractivity contribution >= 4 is 30.1 Å². The number of alkyl halides is 3. The van der Waals surface area contributed by atoms with E-state index in [0.717, 1.165) is 54.0 Å². The first kappa shape index (κ1) is 37.2. The number of hydrogen-bond acceptors (Lipinski definition) is 5. The molecule has 1 heterocycles. The van der Waals surface area contributed by atoms with Gasteiger partial charge in [0.15, 0.2) is 5.16 Å². The van der Waals surface area contributed by atoms with Crippen LogP contribution in [0.1, 0.15) is 48.2 Å². The lowest BCUT2D eigenvalue weighted by molar-refractivity contribution is -0.137. The highest BCUT2D eigenvalue weighted by Gasteiger charge is 2.30. The normalized spacial score (nSPS) is 12.6. The van der Waals surface area contributed by atoms with Gasteiger partial charge in [0, 0.05) is 36.6 Å². The van der Waals surface area contributed by atoms with Crippen molar-refractivity contribution in [2.75, 3.05) is 26.2 Å². The van der Waals surface area contributed by atoms with Crippen molar-refractivity contribution in [3.63, 3.8) is 0 Å². The molecule has 12 heteroatoms. The number of rotatable bonds is 13. The van der Waals surface area contributed by atoms with Crippen molar-refractivity contribution in [1.82, 2.24) is 19.4 Å². The Morgan fingerprint density at radius 1 is 0.875 bits per heavy atom. The summed E-state index contributed by atoms with van der Waals surface area (Å²) in [5, 5.41) is 0.470. The Morgan fingerprint density at radius 2 is 1.48 bits per heavy atom. The van der Waals surface area contributed by atoms with Gasteiger partial charge < -0.3 is 14.4 Å². The topological polar surface area (TPSA) is 58.4 Å². The van der Waals surface area contributed by atoms with E-state index in [9.17, 15) is 27.2 Å². The fourth-order valence-electron chi connectivity index (χ4n) is 5.79. The summed E-state index contributed by atoms with van der Waals surface area (Å²) in [5.74, 6) is 0.0412. The third-order valence-electron chi connectivity index (χ3n) is 8.58. The molecule has 256 valence electrons. The second-order valence-corrected chi connectivity index (χ2v) is 12.5. The Morgan fingerprint density at radius 3 is 2.08 bits per heavy atom. The average molecular weight is 703 g/mol. The number of thioether (sulfide) groups is 1. The van der Waals surface area contributed by atoms with E-state index in [0.29, 0.717) is 54.5 Å². The molecule has 1 amide bonds. The van der Waals surface area contributed by atoms with Crippen LogP contribution >= 0.6 is 24.2 Å². The van der Waals surface area contributed by atoms with Crippen LogP contribution in [-0.4, -0.2) is 51.4 Å². The van der Waals surface area contributed by atoms with Gasteiger partial charge in [-0.25, -0.2) is 4.39 Å². The van der Waals surface area contributed by atoms with Gasteiger partial charge in [-0.2, -0.15) is 18.2 Å². The van der Waals surface area contributed by atoms with Crippen molar-refractivity contribution in [3.8, 4) is 11.1 Å². The predicted octanol–water partition coefficient (Wildman–Crippen LogP) is 7.64. The molecule has 0 saturated heterocycles. The first-order valence-electron chi connectivity index (χ1n) is 15.8. The fourth-order valence-corrected chi connectivity index (χ4v) is 6.76. The lowest BCUT2D eigenvalue weighted by atomic mass is 10.0. The van der Waals surface area contributed by atoms with Gasteiger partial charge in [0.2, 0.25) is 5.91 Å². The molecule has 0 fully saturated rings. The van der Waals surface area contributed by atoms with Crippen LogP contribution in [-0.2, 0) is 42.7 Å². The highest BCUT2D eigenvalue weighted by atomic mass is 35.5. The number of nitrogens with zero attached hydrogens (tertiary/aromatic N) is 4. The van der Waals surface area contributed by atoms with Crippen molar-refractivity contribution in [3.05, 3.63) is 117 Å². The number of carbonyl (C=O) groups excluding carboxylic acids is 1. The molecule has 0 N–H and O–H groups in total. The Hall–Kier alpha value is -3.67. The first-order chi connectivity index (χ1) is 22.5. The fraction of sp³-hybridized carbons (Fsp3) is 0.361. The van der Waals surface area contributed by atoms with Gasteiger partial charge in [0.1, 0.15) is 12.4 Å². The van der Waals surface area contributed by atoms with Gasteiger partial charge in [0.05, 0.1) is 5.56 Å². The Balaban J connectivity index is 0.00000520. The van der Waals surface area contributed by atoms with E-state index >= 15 is 0 Å². The molecule has 48 heavy (non-hydrogen) atoms. The molecule has 0 saturated carbocycles. The SMILES string of the molecule is CCN(CC)CCN(Cc1ccc(-c2ccc(C(F)(F)F)cc2)cc1)C(=O)Cn1c(SCc2ccc(F)cc2)nc(=O)c2c1CCC2.Cl. The molecular weight excluding hydrogens is 664 g/mol. The molecule has 0 unspecified atom stereocenters. The minimum absolute atomic E-state index is 0. The molecule has 3 aromatic carbocycles. The Bertz CT molecular complexity index is 1730. The van der Waals surface area contributed by atoms with Gasteiger partial charge in [0.25, 0.3) is 5.56 Å². The molecule has 1 aliphatic carbocycles. The number of fused-ring (bicyclic) bond motifs is 1. The maximum Gasteiger partial charge on any atom is 0.416 e. The Labute approximate surface area is 288 Å². The van der Waals surface area contributed by atoms with Crippen molar-refractivity contribution in [2.45, 2.75) is 63.3 Å². The molecule has 6 nitrogen and oxygen atoms in total. The number of aromatic nitrogens is 2. The standard InChI is InChI=1S/C36H38F4N4O2S.ClH/c1-3-42(4-2)20-21-43(22-25-8-12-27(13-9-25)28-14-16-29(17-15-28)36(38,39)40)33(45)23-44-32-7-5-6-31(32)34(46)41-35(44)47-24-26-10-18-30(37)19-11-26;/h8-19H,3-7,20-24H2,1-2H3;1H. The first-order valence-corrected chi connectivity index (χ1v) is 16.8. The summed E-state index contributed by atoms with van der Waals surface area (Å²) in [6.45, 7) is 7.42. The summed E-state index contributed by atoms with van der Waals surface area (Å²) in [6.07, 6.45) is -2.24. The molecular formula is C36H39ClF4N4O2S. The maximum atomic E-state index is 14.1. The number of halogens is 5. The van der Waals surface area contributed by atoms with Crippen LogP contribution in [0.25, 0.3) is 11.1 Å². The van der Waals surface area contributed by atoms with Gasteiger partial charge in [-0.05, 0) is 78.9 Å². The summed E-state index contributed by atoms with van der Waals surface area (Å²) in [4.78, 5) is 35.4. The highest BCUT2D eigenvalue weighted by Crippen LogP contribution is 2.31. The summed E-state index contributed by atoms with van der Waals surface area (Å²) >= 11 is 1.36. The third-order valence-corrected chi connectivity index (χ3v) is 9.63. The third kappa shape index (κ3) is 9.27. The smallest absolute Gasteiger partial charge is 0.336 e. The summed E-state index contributed by atoms with van der Waals surface area (Å²) in [6, 6.07) is 18.8. The average Bonchev–Trinajstić information content (AvgIpc) is 3.57.